The Hall–Kier alpha value is -3.42. The Morgan fingerprint density at radius 2 is 1.93 bits per heavy atom. The smallest absolute Gasteiger partial charge is 0.339 e. The third kappa shape index (κ3) is 3.65. The van der Waals surface area contributed by atoms with E-state index in [1.165, 1.54) is 6.92 Å². The lowest BCUT2D eigenvalue weighted by molar-refractivity contribution is -0.120. The molecule has 0 saturated heterocycles. The van der Waals surface area contributed by atoms with Crippen molar-refractivity contribution < 1.29 is 23.8 Å². The van der Waals surface area contributed by atoms with Crippen LogP contribution in [0.3, 0.4) is 0 Å². The third-order valence-electron chi connectivity index (χ3n) is 4.52. The van der Waals surface area contributed by atoms with Crippen molar-refractivity contribution in [3.05, 3.63) is 36.0 Å². The number of nitrogens with zero attached hydrogens (tertiary/aromatic N) is 3. The molecule has 0 saturated carbocycles. The van der Waals surface area contributed by atoms with Crippen molar-refractivity contribution in [3.63, 3.8) is 0 Å². The van der Waals surface area contributed by atoms with Crippen LogP contribution in [0.25, 0.3) is 22.3 Å². The Bertz CT molecular complexity index is 1100. The minimum absolute atomic E-state index is 0.0524. The number of rotatable bonds is 5. The molecule has 1 aromatic carbocycles. The van der Waals surface area contributed by atoms with E-state index in [1.807, 2.05) is 32.0 Å². The summed E-state index contributed by atoms with van der Waals surface area (Å²) in [5.41, 5.74) is 2.23. The van der Waals surface area contributed by atoms with E-state index in [-0.39, 0.29) is 18.4 Å². The molecule has 0 spiro atoms. The first-order valence-electron chi connectivity index (χ1n) is 9.39. The molecule has 0 atom stereocenters. The molecule has 2 aromatic heterocycles. The summed E-state index contributed by atoms with van der Waals surface area (Å²) in [7, 11) is 0. The normalized spacial score (nSPS) is 13.0. The molecule has 8 nitrogen and oxygen atoms in total. The highest BCUT2D eigenvalue weighted by Crippen LogP contribution is 2.35. The number of aromatic nitrogens is 3. The number of benzene rings is 1. The van der Waals surface area contributed by atoms with Gasteiger partial charge in [-0.25, -0.2) is 14.5 Å². The number of esters is 1. The van der Waals surface area contributed by atoms with Gasteiger partial charge in [0.15, 0.2) is 22.9 Å². The Morgan fingerprint density at radius 3 is 2.66 bits per heavy atom. The van der Waals surface area contributed by atoms with Crippen LogP contribution in [0.15, 0.2) is 30.5 Å². The maximum absolute atomic E-state index is 12.7. The molecule has 0 fully saturated rings. The van der Waals surface area contributed by atoms with Crippen LogP contribution in [-0.2, 0) is 9.53 Å². The largest absolute Gasteiger partial charge is 0.486 e. The van der Waals surface area contributed by atoms with E-state index in [0.29, 0.717) is 47.0 Å². The van der Waals surface area contributed by atoms with Crippen LogP contribution < -0.4 is 9.47 Å². The minimum atomic E-state index is -0.588. The average molecular weight is 395 g/mol. The SMILES string of the molecule is CC(=O)COC(=O)c1cc(-c2ccc3c(c2)OCCO3)nc2c1cnn2C(C)C. The van der Waals surface area contributed by atoms with Gasteiger partial charge in [0.25, 0.3) is 0 Å². The van der Waals surface area contributed by atoms with Gasteiger partial charge in [-0.1, -0.05) is 0 Å². The van der Waals surface area contributed by atoms with E-state index in [4.69, 9.17) is 19.2 Å². The van der Waals surface area contributed by atoms with Crippen LogP contribution in [-0.4, -0.2) is 46.3 Å². The summed E-state index contributed by atoms with van der Waals surface area (Å²) in [6, 6.07) is 7.23. The van der Waals surface area contributed by atoms with E-state index in [0.717, 1.165) is 5.56 Å². The van der Waals surface area contributed by atoms with Crippen molar-refractivity contribution in [1.29, 1.82) is 0 Å². The molecule has 8 heteroatoms. The van der Waals surface area contributed by atoms with E-state index in [2.05, 4.69) is 5.10 Å². The van der Waals surface area contributed by atoms with Crippen molar-refractivity contribution >= 4 is 22.8 Å². The number of ketones is 1. The number of hydrogen-bond donors (Lipinski definition) is 0. The molecule has 0 N–H and O–H groups in total. The zero-order valence-corrected chi connectivity index (χ0v) is 16.5. The number of ether oxygens (including phenoxy) is 3. The minimum Gasteiger partial charge on any atom is -0.486 e. The Kier molecular flexibility index (Phi) is 4.92. The number of Topliss-reactive ketones (excluding diaryl/α,β-unsaturated/α-hetero) is 1. The zero-order chi connectivity index (χ0) is 20.5. The summed E-state index contributed by atoms with van der Waals surface area (Å²) in [5, 5.41) is 4.95. The van der Waals surface area contributed by atoms with Gasteiger partial charge in [-0.05, 0) is 45.0 Å². The average Bonchev–Trinajstić information content (AvgIpc) is 3.15. The van der Waals surface area contributed by atoms with Gasteiger partial charge in [-0.2, -0.15) is 5.10 Å². The van der Waals surface area contributed by atoms with Crippen molar-refractivity contribution in [2.45, 2.75) is 26.8 Å². The van der Waals surface area contributed by atoms with Crippen molar-refractivity contribution in [2.24, 2.45) is 0 Å². The fourth-order valence-electron chi connectivity index (χ4n) is 3.16. The standard InChI is InChI=1S/C21H21N3O5/c1-12(2)24-20-16(10-22-24)15(21(26)29-11-13(3)25)9-17(23-20)14-4-5-18-19(8-14)28-7-6-27-18/h4-5,8-10,12H,6-7,11H2,1-3H3. The second-order valence-corrected chi connectivity index (χ2v) is 7.11. The predicted molar refractivity (Wildman–Crippen MR) is 105 cm³/mol. The highest BCUT2D eigenvalue weighted by atomic mass is 16.6. The van der Waals surface area contributed by atoms with Gasteiger partial charge in [-0.3, -0.25) is 4.79 Å². The highest BCUT2D eigenvalue weighted by molar-refractivity contribution is 6.04. The highest BCUT2D eigenvalue weighted by Gasteiger charge is 2.21. The molecular formula is C21H21N3O5. The molecule has 0 aliphatic carbocycles. The van der Waals surface area contributed by atoms with E-state index in [1.54, 1.807) is 16.9 Å². The van der Waals surface area contributed by atoms with Crippen molar-refractivity contribution in [1.82, 2.24) is 14.8 Å². The number of carbonyl (C=O) groups is 2. The summed E-state index contributed by atoms with van der Waals surface area (Å²) in [5.74, 6) is 0.492. The summed E-state index contributed by atoms with van der Waals surface area (Å²) in [6.45, 7) is 6.05. The van der Waals surface area contributed by atoms with Crippen LogP contribution in [0.5, 0.6) is 11.5 Å². The van der Waals surface area contributed by atoms with Gasteiger partial charge < -0.3 is 14.2 Å². The first-order valence-corrected chi connectivity index (χ1v) is 9.39. The number of hydrogen-bond acceptors (Lipinski definition) is 7. The van der Waals surface area contributed by atoms with Gasteiger partial charge >= 0.3 is 5.97 Å². The van der Waals surface area contributed by atoms with Crippen molar-refractivity contribution in [2.75, 3.05) is 19.8 Å². The van der Waals surface area contributed by atoms with Crippen LogP contribution in [0.1, 0.15) is 37.2 Å². The molecular weight excluding hydrogens is 374 g/mol. The Morgan fingerprint density at radius 1 is 1.17 bits per heavy atom. The molecule has 0 amide bonds. The molecule has 1 aliphatic heterocycles. The lowest BCUT2D eigenvalue weighted by Gasteiger charge is -2.19. The van der Waals surface area contributed by atoms with E-state index >= 15 is 0 Å². The van der Waals surface area contributed by atoms with Crippen LogP contribution in [0, 0.1) is 0 Å². The molecule has 3 heterocycles. The lowest BCUT2D eigenvalue weighted by Crippen LogP contribution is -2.15. The fraction of sp³-hybridized carbons (Fsp3) is 0.333. The molecule has 0 radical (unpaired) electrons. The molecule has 29 heavy (non-hydrogen) atoms. The van der Waals surface area contributed by atoms with E-state index in [9.17, 15) is 9.59 Å². The maximum Gasteiger partial charge on any atom is 0.339 e. The second-order valence-electron chi connectivity index (χ2n) is 7.11. The Labute approximate surface area is 167 Å². The maximum atomic E-state index is 12.7. The second kappa shape index (κ2) is 7.54. The first kappa shape index (κ1) is 18.9. The van der Waals surface area contributed by atoms with Crippen molar-refractivity contribution in [3.8, 4) is 22.8 Å². The van der Waals surface area contributed by atoms with Crippen LogP contribution >= 0.6 is 0 Å². The number of pyridine rings is 1. The van der Waals surface area contributed by atoms with Crippen LogP contribution in [0.4, 0.5) is 0 Å². The molecule has 1 aliphatic rings. The topological polar surface area (TPSA) is 92.5 Å². The fourth-order valence-corrected chi connectivity index (χ4v) is 3.16. The van der Waals surface area contributed by atoms with Crippen LogP contribution in [0.2, 0.25) is 0 Å². The predicted octanol–water partition coefficient (Wildman–Crippen LogP) is 3.20. The number of fused-ring (bicyclic) bond motifs is 2. The van der Waals surface area contributed by atoms with Gasteiger partial charge in [0.1, 0.15) is 19.8 Å². The summed E-state index contributed by atoms with van der Waals surface area (Å²) >= 11 is 0. The lowest BCUT2D eigenvalue weighted by atomic mass is 10.1. The summed E-state index contributed by atoms with van der Waals surface area (Å²) in [4.78, 5) is 28.6. The first-order chi connectivity index (χ1) is 13.9. The third-order valence-corrected chi connectivity index (χ3v) is 4.52. The van der Waals surface area contributed by atoms with Gasteiger partial charge in [-0.15, -0.1) is 0 Å². The number of carbonyl (C=O) groups excluding carboxylic acids is 2. The molecule has 150 valence electrons. The molecule has 3 aromatic rings. The van der Waals surface area contributed by atoms with E-state index < -0.39 is 5.97 Å². The molecule has 4 rings (SSSR count). The molecule has 0 unspecified atom stereocenters. The molecule has 0 bridgehead atoms. The summed E-state index contributed by atoms with van der Waals surface area (Å²) < 4.78 is 18.1. The quantitative estimate of drug-likeness (QED) is 0.613. The van der Waals surface area contributed by atoms with Gasteiger partial charge in [0.05, 0.1) is 22.8 Å². The van der Waals surface area contributed by atoms with Gasteiger partial charge in [0, 0.05) is 11.6 Å². The summed E-state index contributed by atoms with van der Waals surface area (Å²) in [6.07, 6.45) is 1.60. The monoisotopic (exact) mass is 395 g/mol. The van der Waals surface area contributed by atoms with Gasteiger partial charge in [0.2, 0.25) is 0 Å². The zero-order valence-electron chi connectivity index (χ0n) is 16.5. The Balaban J connectivity index is 1.84.